The monoisotopic (exact) mass is 427 g/mol. The lowest BCUT2D eigenvalue weighted by atomic mass is 10.1. The lowest BCUT2D eigenvalue weighted by Gasteiger charge is -2.23. The molecule has 0 bridgehead atoms. The Bertz CT molecular complexity index is 1010. The van der Waals surface area contributed by atoms with Crippen molar-refractivity contribution in [3.8, 4) is 0 Å². The zero-order valence-corrected chi connectivity index (χ0v) is 17.7. The van der Waals surface area contributed by atoms with Crippen molar-refractivity contribution in [3.63, 3.8) is 0 Å². The molecule has 6 heteroatoms. The minimum absolute atomic E-state index is 0.252. The largest absolute Gasteiger partial charge is 0.345 e. The molecule has 0 spiro atoms. The average molecular weight is 428 g/mol. The van der Waals surface area contributed by atoms with Crippen LogP contribution in [0.3, 0.4) is 0 Å². The van der Waals surface area contributed by atoms with Crippen LogP contribution in [0.1, 0.15) is 16.8 Å². The van der Waals surface area contributed by atoms with Gasteiger partial charge in [-0.2, -0.15) is 0 Å². The molecule has 0 aliphatic heterocycles. The van der Waals surface area contributed by atoms with E-state index in [0.29, 0.717) is 28.8 Å². The zero-order valence-electron chi connectivity index (χ0n) is 16.2. The van der Waals surface area contributed by atoms with E-state index in [9.17, 15) is 4.79 Å². The van der Waals surface area contributed by atoms with Gasteiger partial charge in [-0.1, -0.05) is 53.5 Å². The van der Waals surface area contributed by atoms with Gasteiger partial charge >= 0.3 is 6.03 Å². The number of benzene rings is 2. The molecule has 2 amide bonds. The van der Waals surface area contributed by atoms with Crippen LogP contribution in [0.15, 0.2) is 73.4 Å². The van der Waals surface area contributed by atoms with E-state index in [2.05, 4.69) is 35.5 Å². The van der Waals surface area contributed by atoms with Crippen molar-refractivity contribution in [1.82, 2.24) is 9.47 Å². The van der Waals surface area contributed by atoms with E-state index in [0.717, 1.165) is 12.2 Å². The minimum atomic E-state index is -0.252. The molecule has 0 atom stereocenters. The molecule has 3 rings (SSSR count). The predicted molar refractivity (Wildman–Crippen MR) is 121 cm³/mol. The molecular formula is C23H23Cl2N3O. The minimum Gasteiger partial charge on any atom is -0.345 e. The zero-order chi connectivity index (χ0) is 20.8. The number of hydrogen-bond donors (Lipinski definition) is 1. The molecule has 0 fully saturated rings. The maximum absolute atomic E-state index is 12.9. The summed E-state index contributed by atoms with van der Waals surface area (Å²) in [5, 5.41) is 3.77. The van der Waals surface area contributed by atoms with Gasteiger partial charge in [0.25, 0.3) is 0 Å². The normalized spacial score (nSPS) is 10.6. The van der Waals surface area contributed by atoms with Crippen molar-refractivity contribution in [2.45, 2.75) is 20.0 Å². The van der Waals surface area contributed by atoms with Crippen LogP contribution in [0.4, 0.5) is 10.5 Å². The van der Waals surface area contributed by atoms with Crippen molar-refractivity contribution in [1.29, 1.82) is 0 Å². The molecule has 1 N–H and O–H groups in total. The molecule has 2 aromatic carbocycles. The number of aryl methyl sites for hydroxylation is 1. The number of aromatic nitrogens is 1. The summed E-state index contributed by atoms with van der Waals surface area (Å²) < 4.78 is 2.15. The van der Waals surface area contributed by atoms with E-state index in [1.54, 1.807) is 29.2 Å². The Kier molecular flexibility index (Phi) is 7.02. The van der Waals surface area contributed by atoms with E-state index >= 15 is 0 Å². The Morgan fingerprint density at radius 3 is 2.69 bits per heavy atom. The summed E-state index contributed by atoms with van der Waals surface area (Å²) in [5.41, 5.74) is 4.04. The standard InChI is InChI=1S/C23H23Cl2N3O/c1-3-12-28(23(29)26-22-11-10-19(24)14-21(22)25)16-20-9-6-13-27(20)15-18-8-5-4-7-17(18)2/h3-11,13-14H,1,12,15-16H2,2H3,(H,26,29). The van der Waals surface area contributed by atoms with Crippen LogP contribution in [0.2, 0.25) is 10.0 Å². The fraction of sp³-hybridized carbons (Fsp3) is 0.174. The van der Waals surface area contributed by atoms with Crippen LogP contribution < -0.4 is 5.32 Å². The van der Waals surface area contributed by atoms with Crippen molar-refractivity contribution < 1.29 is 4.79 Å². The number of rotatable bonds is 7. The first-order chi connectivity index (χ1) is 14.0. The highest BCUT2D eigenvalue weighted by molar-refractivity contribution is 6.36. The molecule has 0 aliphatic rings. The van der Waals surface area contributed by atoms with Gasteiger partial charge in [0, 0.05) is 30.0 Å². The highest BCUT2D eigenvalue weighted by Crippen LogP contribution is 2.26. The molecule has 0 saturated carbocycles. The van der Waals surface area contributed by atoms with Crippen molar-refractivity contribution in [2.75, 3.05) is 11.9 Å². The Hall–Kier alpha value is -2.69. The van der Waals surface area contributed by atoms with Crippen LogP contribution in [0, 0.1) is 6.92 Å². The highest BCUT2D eigenvalue weighted by Gasteiger charge is 2.16. The van der Waals surface area contributed by atoms with Gasteiger partial charge < -0.3 is 14.8 Å². The molecule has 29 heavy (non-hydrogen) atoms. The van der Waals surface area contributed by atoms with Crippen LogP contribution in [0.25, 0.3) is 0 Å². The van der Waals surface area contributed by atoms with Gasteiger partial charge in [0.15, 0.2) is 0 Å². The molecule has 4 nitrogen and oxygen atoms in total. The SMILES string of the molecule is C=CCN(Cc1cccn1Cc1ccccc1C)C(=O)Nc1ccc(Cl)cc1Cl. The lowest BCUT2D eigenvalue weighted by Crippen LogP contribution is -2.35. The number of anilines is 1. The van der Waals surface area contributed by atoms with E-state index < -0.39 is 0 Å². The molecule has 0 unspecified atom stereocenters. The van der Waals surface area contributed by atoms with E-state index in [4.69, 9.17) is 23.2 Å². The maximum Gasteiger partial charge on any atom is 0.322 e. The molecule has 0 saturated heterocycles. The smallest absolute Gasteiger partial charge is 0.322 e. The summed E-state index contributed by atoms with van der Waals surface area (Å²) >= 11 is 12.1. The van der Waals surface area contributed by atoms with Gasteiger partial charge in [0.2, 0.25) is 0 Å². The van der Waals surface area contributed by atoms with Crippen molar-refractivity contribution in [3.05, 3.63) is 100 Å². The highest BCUT2D eigenvalue weighted by atomic mass is 35.5. The van der Waals surface area contributed by atoms with Crippen LogP contribution in [0.5, 0.6) is 0 Å². The van der Waals surface area contributed by atoms with Crippen LogP contribution in [-0.4, -0.2) is 22.0 Å². The molecule has 0 aliphatic carbocycles. The fourth-order valence-electron chi connectivity index (χ4n) is 3.07. The van der Waals surface area contributed by atoms with Crippen LogP contribution >= 0.6 is 23.2 Å². The predicted octanol–water partition coefficient (Wildman–Crippen LogP) is 6.37. The van der Waals surface area contributed by atoms with E-state index in [1.165, 1.54) is 11.1 Å². The molecule has 150 valence electrons. The number of amides is 2. The second-order valence-electron chi connectivity index (χ2n) is 6.78. The van der Waals surface area contributed by atoms with E-state index in [-0.39, 0.29) is 6.03 Å². The topological polar surface area (TPSA) is 37.3 Å². The fourth-order valence-corrected chi connectivity index (χ4v) is 3.53. The number of carbonyl (C=O) groups excluding carboxylic acids is 1. The quantitative estimate of drug-likeness (QED) is 0.436. The Labute approximate surface area is 181 Å². The van der Waals surface area contributed by atoms with Crippen LogP contribution in [-0.2, 0) is 13.1 Å². The summed E-state index contributed by atoms with van der Waals surface area (Å²) in [6.45, 7) is 7.49. The van der Waals surface area contributed by atoms with Gasteiger partial charge in [-0.15, -0.1) is 6.58 Å². The second-order valence-corrected chi connectivity index (χ2v) is 7.62. The third-order valence-electron chi connectivity index (χ3n) is 4.69. The average Bonchev–Trinajstić information content (AvgIpc) is 3.12. The maximum atomic E-state index is 12.9. The van der Waals surface area contributed by atoms with Gasteiger partial charge in [-0.25, -0.2) is 4.79 Å². The Morgan fingerprint density at radius 2 is 1.97 bits per heavy atom. The number of nitrogens with one attached hydrogen (secondary N) is 1. The first-order valence-corrected chi connectivity index (χ1v) is 10.0. The number of nitrogens with zero attached hydrogens (tertiary/aromatic N) is 2. The number of halogens is 2. The van der Waals surface area contributed by atoms with Gasteiger partial charge in [0.1, 0.15) is 0 Å². The van der Waals surface area contributed by atoms with Gasteiger partial charge in [0.05, 0.1) is 17.3 Å². The first-order valence-electron chi connectivity index (χ1n) is 9.28. The summed E-state index contributed by atoms with van der Waals surface area (Å²) in [6, 6.07) is 17.0. The molecule has 0 radical (unpaired) electrons. The second kappa shape index (κ2) is 9.68. The van der Waals surface area contributed by atoms with Gasteiger partial charge in [-0.05, 0) is 48.4 Å². The molecule has 1 aromatic heterocycles. The summed E-state index contributed by atoms with van der Waals surface area (Å²) in [4.78, 5) is 14.5. The van der Waals surface area contributed by atoms with Gasteiger partial charge in [-0.3, -0.25) is 0 Å². The van der Waals surface area contributed by atoms with Crippen molar-refractivity contribution >= 4 is 34.9 Å². The molecule has 3 aromatic rings. The Balaban J connectivity index is 1.75. The third-order valence-corrected chi connectivity index (χ3v) is 5.24. The Morgan fingerprint density at radius 1 is 1.17 bits per heavy atom. The summed E-state index contributed by atoms with van der Waals surface area (Å²) in [6.07, 6.45) is 3.74. The number of carbonyl (C=O) groups is 1. The number of urea groups is 1. The summed E-state index contributed by atoms with van der Waals surface area (Å²) in [7, 11) is 0. The number of hydrogen-bond acceptors (Lipinski definition) is 1. The summed E-state index contributed by atoms with van der Waals surface area (Å²) in [5.74, 6) is 0. The van der Waals surface area contributed by atoms with E-state index in [1.807, 2.05) is 30.5 Å². The lowest BCUT2D eigenvalue weighted by molar-refractivity contribution is 0.214. The first kappa shape index (κ1) is 21.0. The third kappa shape index (κ3) is 5.43. The molecule has 1 heterocycles. The molecular weight excluding hydrogens is 405 g/mol. The van der Waals surface area contributed by atoms with Crippen molar-refractivity contribution in [2.24, 2.45) is 0 Å².